The summed E-state index contributed by atoms with van der Waals surface area (Å²) < 4.78 is 12.9. The minimum atomic E-state index is -1.16. The molecule has 0 fully saturated rings. The first kappa shape index (κ1) is 9.18. The number of pyridine rings is 1. The van der Waals surface area contributed by atoms with Crippen LogP contribution in [0, 0.1) is 5.82 Å². The topological polar surface area (TPSA) is 76.2 Å². The summed E-state index contributed by atoms with van der Waals surface area (Å²) in [5.74, 6) is -1.79. The zero-order chi connectivity index (χ0) is 9.84. The second kappa shape index (κ2) is 3.66. The molecule has 0 unspecified atom stereocenters. The Morgan fingerprint density at radius 1 is 1.69 bits per heavy atom. The van der Waals surface area contributed by atoms with Gasteiger partial charge < -0.3 is 10.8 Å². The van der Waals surface area contributed by atoms with E-state index in [1.807, 2.05) is 0 Å². The number of nitrogens with zero attached hydrogens (tertiary/aromatic N) is 1. The summed E-state index contributed by atoms with van der Waals surface area (Å²) >= 11 is 0. The van der Waals surface area contributed by atoms with Crippen molar-refractivity contribution in [2.24, 2.45) is 0 Å². The zero-order valence-electron chi connectivity index (χ0n) is 6.57. The van der Waals surface area contributed by atoms with E-state index in [4.69, 9.17) is 10.8 Å². The third-order valence-corrected chi connectivity index (χ3v) is 1.36. The second-order valence-electron chi connectivity index (χ2n) is 2.26. The van der Waals surface area contributed by atoms with Crippen molar-refractivity contribution in [3.63, 3.8) is 0 Å². The largest absolute Gasteiger partial charge is 0.478 e. The highest BCUT2D eigenvalue weighted by atomic mass is 19.1. The van der Waals surface area contributed by atoms with Crippen LogP contribution in [-0.2, 0) is 4.79 Å². The van der Waals surface area contributed by atoms with Gasteiger partial charge in [0.05, 0.1) is 5.56 Å². The molecule has 0 amide bonds. The van der Waals surface area contributed by atoms with Gasteiger partial charge in [0, 0.05) is 12.3 Å². The van der Waals surface area contributed by atoms with Gasteiger partial charge >= 0.3 is 5.97 Å². The number of aliphatic carboxylic acids is 1. The molecule has 0 aliphatic carbocycles. The third kappa shape index (κ3) is 2.26. The van der Waals surface area contributed by atoms with Gasteiger partial charge in [0.2, 0.25) is 0 Å². The molecule has 0 saturated carbocycles. The number of aromatic nitrogens is 1. The summed E-state index contributed by atoms with van der Waals surface area (Å²) in [4.78, 5) is 13.7. The predicted octanol–water partition coefficient (Wildman–Crippen LogP) is 0.901. The number of nitrogens with two attached hydrogens (primary N) is 1. The normalized spacial score (nSPS) is 10.5. The highest BCUT2D eigenvalue weighted by Gasteiger charge is 2.03. The number of carboxylic acids is 1. The molecule has 68 valence electrons. The number of nitrogen functional groups attached to an aromatic ring is 1. The van der Waals surface area contributed by atoms with E-state index in [2.05, 4.69) is 4.98 Å². The summed E-state index contributed by atoms with van der Waals surface area (Å²) in [6.45, 7) is 0. The van der Waals surface area contributed by atoms with E-state index in [1.165, 1.54) is 6.20 Å². The smallest absolute Gasteiger partial charge is 0.328 e. The van der Waals surface area contributed by atoms with E-state index in [-0.39, 0.29) is 11.4 Å². The summed E-state index contributed by atoms with van der Waals surface area (Å²) in [6.07, 6.45) is 3.08. The van der Waals surface area contributed by atoms with Crippen LogP contribution in [0.15, 0.2) is 18.3 Å². The molecule has 1 aromatic heterocycles. The first-order valence-corrected chi connectivity index (χ1v) is 3.42. The van der Waals surface area contributed by atoms with E-state index in [1.54, 1.807) is 0 Å². The maximum atomic E-state index is 12.9. The molecule has 0 aliphatic rings. The van der Waals surface area contributed by atoms with Crippen LogP contribution in [0.3, 0.4) is 0 Å². The lowest BCUT2D eigenvalue weighted by Crippen LogP contribution is -1.96. The van der Waals surface area contributed by atoms with Crippen molar-refractivity contribution >= 4 is 17.9 Å². The molecular formula is C8H7FN2O2. The minimum absolute atomic E-state index is 0.00935. The van der Waals surface area contributed by atoms with Crippen LogP contribution in [0.5, 0.6) is 0 Å². The van der Waals surface area contributed by atoms with Gasteiger partial charge in [-0.05, 0) is 12.1 Å². The predicted molar refractivity (Wildman–Crippen MR) is 45.3 cm³/mol. The Kier molecular flexibility index (Phi) is 2.59. The molecule has 0 radical (unpaired) electrons. The van der Waals surface area contributed by atoms with Crippen LogP contribution >= 0.6 is 0 Å². The zero-order valence-corrected chi connectivity index (χ0v) is 6.57. The van der Waals surface area contributed by atoms with Gasteiger partial charge in [-0.15, -0.1) is 0 Å². The van der Waals surface area contributed by atoms with Gasteiger partial charge in [-0.3, -0.25) is 0 Å². The number of carbonyl (C=O) groups is 1. The van der Waals surface area contributed by atoms with Crippen LogP contribution in [0.1, 0.15) is 5.56 Å². The second-order valence-corrected chi connectivity index (χ2v) is 2.26. The molecule has 1 rings (SSSR count). The Hall–Kier alpha value is -1.91. The molecule has 0 saturated heterocycles. The van der Waals surface area contributed by atoms with Crippen LogP contribution < -0.4 is 5.73 Å². The Labute approximate surface area is 73.5 Å². The number of carboxylic acid groups (broad SMARTS) is 1. The first-order valence-electron chi connectivity index (χ1n) is 3.42. The van der Waals surface area contributed by atoms with Crippen molar-refractivity contribution in [3.05, 3.63) is 29.7 Å². The number of halogens is 1. The lowest BCUT2D eigenvalue weighted by molar-refractivity contribution is -0.131. The van der Waals surface area contributed by atoms with Gasteiger partial charge in [-0.25, -0.2) is 14.2 Å². The van der Waals surface area contributed by atoms with Crippen molar-refractivity contribution in [1.82, 2.24) is 4.98 Å². The molecule has 5 heteroatoms. The van der Waals surface area contributed by atoms with Gasteiger partial charge in [-0.1, -0.05) is 0 Å². The average molecular weight is 182 g/mol. The fourth-order valence-corrected chi connectivity index (χ4v) is 0.784. The van der Waals surface area contributed by atoms with E-state index in [0.29, 0.717) is 0 Å². The first-order chi connectivity index (χ1) is 6.11. The van der Waals surface area contributed by atoms with E-state index >= 15 is 0 Å². The Morgan fingerprint density at radius 3 is 2.92 bits per heavy atom. The van der Waals surface area contributed by atoms with Gasteiger partial charge in [0.25, 0.3) is 0 Å². The fraction of sp³-hybridized carbons (Fsp3) is 0. The van der Waals surface area contributed by atoms with Gasteiger partial charge in [-0.2, -0.15) is 0 Å². The molecule has 0 aliphatic heterocycles. The van der Waals surface area contributed by atoms with Crippen molar-refractivity contribution in [2.45, 2.75) is 0 Å². The van der Waals surface area contributed by atoms with Crippen LogP contribution in [-0.4, -0.2) is 16.1 Å². The molecule has 13 heavy (non-hydrogen) atoms. The Morgan fingerprint density at radius 2 is 2.38 bits per heavy atom. The fourth-order valence-electron chi connectivity index (χ4n) is 0.784. The summed E-state index contributed by atoms with van der Waals surface area (Å²) in [5.41, 5.74) is 5.30. The number of hydrogen-bond acceptors (Lipinski definition) is 3. The van der Waals surface area contributed by atoms with Crippen LogP contribution in [0.2, 0.25) is 0 Å². The molecule has 1 aromatic rings. The molecule has 4 nitrogen and oxygen atoms in total. The number of anilines is 1. The highest BCUT2D eigenvalue weighted by Crippen LogP contribution is 2.13. The lowest BCUT2D eigenvalue weighted by Gasteiger charge is -1.98. The highest BCUT2D eigenvalue weighted by molar-refractivity contribution is 5.86. The van der Waals surface area contributed by atoms with Crippen molar-refractivity contribution in [1.29, 1.82) is 0 Å². The Balaban J connectivity index is 3.06. The molecule has 0 atom stereocenters. The molecular weight excluding hydrogens is 175 g/mol. The monoisotopic (exact) mass is 182 g/mol. The van der Waals surface area contributed by atoms with Gasteiger partial charge in [0.15, 0.2) is 0 Å². The minimum Gasteiger partial charge on any atom is -0.478 e. The van der Waals surface area contributed by atoms with E-state index in [0.717, 1.165) is 18.2 Å². The van der Waals surface area contributed by atoms with E-state index < -0.39 is 11.8 Å². The summed E-state index contributed by atoms with van der Waals surface area (Å²) in [7, 11) is 0. The Bertz CT molecular complexity index is 343. The molecule has 0 bridgehead atoms. The molecule has 0 spiro atoms. The molecule has 1 heterocycles. The van der Waals surface area contributed by atoms with Crippen molar-refractivity contribution < 1.29 is 14.3 Å². The lowest BCUT2D eigenvalue weighted by atomic mass is 10.2. The number of hydrogen-bond donors (Lipinski definition) is 2. The van der Waals surface area contributed by atoms with Gasteiger partial charge in [0.1, 0.15) is 11.6 Å². The van der Waals surface area contributed by atoms with Crippen LogP contribution in [0.4, 0.5) is 10.2 Å². The standard InChI is InChI=1S/C8H7FN2O2/c9-6-3-4-11-8(10)5(6)1-2-7(12)13/h1-4H,(H2,10,11)(H,12,13). The third-order valence-electron chi connectivity index (χ3n) is 1.36. The SMILES string of the molecule is Nc1nccc(F)c1C=CC(=O)O. The van der Waals surface area contributed by atoms with Crippen molar-refractivity contribution in [2.75, 3.05) is 5.73 Å². The van der Waals surface area contributed by atoms with Crippen molar-refractivity contribution in [3.8, 4) is 0 Å². The molecule has 3 N–H and O–H groups in total. The van der Waals surface area contributed by atoms with Crippen LogP contribution in [0.25, 0.3) is 6.08 Å². The quantitative estimate of drug-likeness (QED) is 0.666. The maximum absolute atomic E-state index is 12.9. The summed E-state index contributed by atoms with van der Waals surface area (Å²) in [5, 5.41) is 8.29. The summed E-state index contributed by atoms with van der Waals surface area (Å²) in [6, 6.07) is 1.11. The maximum Gasteiger partial charge on any atom is 0.328 e. The van der Waals surface area contributed by atoms with E-state index in [9.17, 15) is 9.18 Å². The average Bonchev–Trinajstić information content (AvgIpc) is 2.03. The molecule has 0 aromatic carbocycles. The number of rotatable bonds is 2.